The molecule has 1 N–H and O–H groups in total. The zero-order valence-electron chi connectivity index (χ0n) is 18.4. The highest BCUT2D eigenvalue weighted by Gasteiger charge is 2.34. The lowest BCUT2D eigenvalue weighted by molar-refractivity contribution is -0.130. The van der Waals surface area contributed by atoms with Crippen LogP contribution in [0.3, 0.4) is 0 Å². The molecule has 0 spiro atoms. The number of hydrogen-bond donors (Lipinski definition) is 1. The molecule has 33 heavy (non-hydrogen) atoms. The molecule has 1 aliphatic rings. The maximum atomic E-state index is 12.9. The molecule has 0 fully saturated rings. The lowest BCUT2D eigenvalue weighted by Gasteiger charge is -2.22. The summed E-state index contributed by atoms with van der Waals surface area (Å²) < 4.78 is 34.3. The highest BCUT2D eigenvalue weighted by Crippen LogP contribution is 2.38. The lowest BCUT2D eigenvalue weighted by Crippen LogP contribution is -2.24. The van der Waals surface area contributed by atoms with Crippen LogP contribution in [0.5, 0.6) is 5.75 Å². The number of carbonyl (C=O) groups is 1. The number of sulfonamides is 1. The van der Waals surface area contributed by atoms with Crippen LogP contribution in [0.25, 0.3) is 0 Å². The number of carbonyl (C=O) groups excluding carboxylic acids is 1. The van der Waals surface area contributed by atoms with Gasteiger partial charge in [0.15, 0.2) is 0 Å². The Hall–Kier alpha value is -3.65. The number of rotatable bonds is 7. The van der Waals surface area contributed by atoms with E-state index in [1.165, 1.54) is 24.1 Å². The van der Waals surface area contributed by atoms with Gasteiger partial charge in [0.1, 0.15) is 5.75 Å². The number of ether oxygens (including phenoxy) is 1. The molecule has 7 nitrogen and oxygen atoms in total. The van der Waals surface area contributed by atoms with Crippen molar-refractivity contribution in [1.82, 2.24) is 5.01 Å². The van der Waals surface area contributed by atoms with Gasteiger partial charge in [-0.25, -0.2) is 13.4 Å². The van der Waals surface area contributed by atoms with E-state index in [4.69, 9.17) is 4.74 Å². The number of nitrogens with zero attached hydrogens (tertiary/aromatic N) is 2. The van der Waals surface area contributed by atoms with Crippen LogP contribution in [0.1, 0.15) is 37.4 Å². The highest BCUT2D eigenvalue weighted by atomic mass is 32.2. The fraction of sp³-hybridized carbons (Fsp3) is 0.200. The predicted molar refractivity (Wildman–Crippen MR) is 128 cm³/mol. The SMILES string of the molecule is CCOc1ccccc1[C@H]1CC(c2ccccc2NS(=O)(=O)c2ccccc2)=NN1C(C)=O. The van der Waals surface area contributed by atoms with E-state index in [9.17, 15) is 13.2 Å². The van der Waals surface area contributed by atoms with Crippen LogP contribution < -0.4 is 9.46 Å². The second-order valence-corrected chi connectivity index (χ2v) is 9.25. The first-order valence-electron chi connectivity index (χ1n) is 10.7. The van der Waals surface area contributed by atoms with Crippen molar-refractivity contribution >= 4 is 27.3 Å². The van der Waals surface area contributed by atoms with Crippen LogP contribution in [-0.2, 0) is 14.8 Å². The van der Waals surface area contributed by atoms with Gasteiger partial charge in [-0.15, -0.1) is 0 Å². The van der Waals surface area contributed by atoms with Gasteiger partial charge >= 0.3 is 0 Å². The van der Waals surface area contributed by atoms with E-state index in [1.807, 2.05) is 37.3 Å². The molecule has 1 heterocycles. The molecule has 3 aromatic carbocycles. The minimum atomic E-state index is -3.78. The molecule has 0 aliphatic carbocycles. The van der Waals surface area contributed by atoms with Gasteiger partial charge in [0.05, 0.1) is 28.9 Å². The van der Waals surface area contributed by atoms with Gasteiger partial charge in [0, 0.05) is 24.5 Å². The normalized spacial score (nSPS) is 15.8. The molecule has 3 aromatic rings. The van der Waals surface area contributed by atoms with E-state index in [2.05, 4.69) is 9.82 Å². The van der Waals surface area contributed by atoms with E-state index in [0.29, 0.717) is 35.7 Å². The average Bonchev–Trinajstić information content (AvgIpc) is 3.26. The molecule has 0 aromatic heterocycles. The largest absolute Gasteiger partial charge is 0.494 e. The fourth-order valence-electron chi connectivity index (χ4n) is 3.88. The molecule has 0 saturated carbocycles. The quantitative estimate of drug-likeness (QED) is 0.555. The van der Waals surface area contributed by atoms with E-state index >= 15 is 0 Å². The van der Waals surface area contributed by atoms with Crippen LogP contribution in [0, 0.1) is 0 Å². The van der Waals surface area contributed by atoms with Crippen LogP contribution in [0.15, 0.2) is 88.9 Å². The number of amides is 1. The topological polar surface area (TPSA) is 88.1 Å². The first-order chi connectivity index (χ1) is 15.9. The highest BCUT2D eigenvalue weighted by molar-refractivity contribution is 7.92. The lowest BCUT2D eigenvalue weighted by atomic mass is 9.97. The van der Waals surface area contributed by atoms with Gasteiger partial charge in [-0.05, 0) is 31.2 Å². The maximum absolute atomic E-state index is 12.9. The van der Waals surface area contributed by atoms with Gasteiger partial charge in [-0.2, -0.15) is 5.10 Å². The Kier molecular flexibility index (Phi) is 6.46. The van der Waals surface area contributed by atoms with Crippen molar-refractivity contribution in [1.29, 1.82) is 0 Å². The summed E-state index contributed by atoms with van der Waals surface area (Å²) in [6.07, 6.45) is 0.424. The van der Waals surface area contributed by atoms with Gasteiger partial charge in [-0.1, -0.05) is 54.6 Å². The molecule has 170 valence electrons. The average molecular weight is 464 g/mol. The standard InChI is InChI=1S/C25H25N3O4S/c1-3-32-25-16-10-8-14-21(25)24-17-23(26-28(24)18(2)29)20-13-7-9-15-22(20)27-33(30,31)19-11-5-4-6-12-19/h4-16,24,27H,3,17H2,1-2H3/t24-/m1/s1. The van der Waals surface area contributed by atoms with Crippen molar-refractivity contribution < 1.29 is 17.9 Å². The Labute approximate surface area is 193 Å². The molecule has 0 unspecified atom stereocenters. The Morgan fingerprint density at radius 2 is 1.70 bits per heavy atom. The van der Waals surface area contributed by atoms with E-state index in [0.717, 1.165) is 5.56 Å². The Bertz CT molecular complexity index is 1290. The summed E-state index contributed by atoms with van der Waals surface area (Å²) in [4.78, 5) is 12.6. The molecular weight excluding hydrogens is 438 g/mol. The minimum absolute atomic E-state index is 0.169. The Morgan fingerprint density at radius 1 is 1.03 bits per heavy atom. The summed E-state index contributed by atoms with van der Waals surface area (Å²) in [7, 11) is -3.78. The second kappa shape index (κ2) is 9.46. The van der Waals surface area contributed by atoms with Crippen molar-refractivity contribution in [3.8, 4) is 5.75 Å². The molecule has 1 atom stereocenters. The zero-order valence-corrected chi connectivity index (χ0v) is 19.2. The molecule has 1 aliphatic heterocycles. The molecule has 0 radical (unpaired) electrons. The first kappa shape index (κ1) is 22.5. The van der Waals surface area contributed by atoms with Crippen LogP contribution >= 0.6 is 0 Å². The molecule has 0 saturated heterocycles. The van der Waals surface area contributed by atoms with Crippen molar-refractivity contribution in [2.75, 3.05) is 11.3 Å². The molecule has 8 heteroatoms. The molecule has 4 rings (SSSR count). The third kappa shape index (κ3) is 4.75. The monoisotopic (exact) mass is 463 g/mol. The Morgan fingerprint density at radius 3 is 2.42 bits per heavy atom. The number of nitrogens with one attached hydrogen (secondary N) is 1. The smallest absolute Gasteiger partial charge is 0.261 e. The number of anilines is 1. The number of benzene rings is 3. The fourth-order valence-corrected chi connectivity index (χ4v) is 4.98. The van der Waals surface area contributed by atoms with E-state index in [-0.39, 0.29) is 16.8 Å². The number of para-hydroxylation sites is 2. The molecule has 1 amide bonds. The van der Waals surface area contributed by atoms with Crippen LogP contribution in [0.4, 0.5) is 5.69 Å². The van der Waals surface area contributed by atoms with E-state index < -0.39 is 10.0 Å². The summed E-state index contributed by atoms with van der Waals surface area (Å²) in [6.45, 7) is 3.87. The summed E-state index contributed by atoms with van der Waals surface area (Å²) in [6, 6.07) is 22.5. The van der Waals surface area contributed by atoms with Crippen molar-refractivity contribution in [3.63, 3.8) is 0 Å². The summed E-state index contributed by atoms with van der Waals surface area (Å²) >= 11 is 0. The van der Waals surface area contributed by atoms with Gasteiger partial charge in [0.25, 0.3) is 10.0 Å². The maximum Gasteiger partial charge on any atom is 0.261 e. The van der Waals surface area contributed by atoms with E-state index in [1.54, 1.807) is 36.4 Å². The predicted octanol–water partition coefficient (Wildman–Crippen LogP) is 4.58. The van der Waals surface area contributed by atoms with Crippen LogP contribution in [-0.4, -0.2) is 31.7 Å². The van der Waals surface area contributed by atoms with Gasteiger partial charge in [0.2, 0.25) is 5.91 Å². The number of hydrogen-bond acceptors (Lipinski definition) is 5. The van der Waals surface area contributed by atoms with Gasteiger partial charge < -0.3 is 4.74 Å². The third-order valence-electron chi connectivity index (χ3n) is 5.35. The van der Waals surface area contributed by atoms with Crippen molar-refractivity contribution in [2.45, 2.75) is 31.2 Å². The zero-order chi connectivity index (χ0) is 23.4. The molecular formula is C25H25N3O4S. The van der Waals surface area contributed by atoms with Gasteiger partial charge in [-0.3, -0.25) is 9.52 Å². The number of hydrazone groups is 1. The Balaban J connectivity index is 1.70. The third-order valence-corrected chi connectivity index (χ3v) is 6.73. The minimum Gasteiger partial charge on any atom is -0.494 e. The molecule has 0 bridgehead atoms. The second-order valence-electron chi connectivity index (χ2n) is 7.57. The summed E-state index contributed by atoms with van der Waals surface area (Å²) in [5.41, 5.74) is 2.51. The van der Waals surface area contributed by atoms with Crippen molar-refractivity contribution in [2.24, 2.45) is 5.10 Å². The summed E-state index contributed by atoms with van der Waals surface area (Å²) in [5.74, 6) is 0.495. The summed E-state index contributed by atoms with van der Waals surface area (Å²) in [5, 5.41) is 6.03. The first-order valence-corrected chi connectivity index (χ1v) is 12.2. The van der Waals surface area contributed by atoms with Crippen LogP contribution in [0.2, 0.25) is 0 Å². The van der Waals surface area contributed by atoms with Crippen molar-refractivity contribution in [3.05, 3.63) is 90.0 Å².